The quantitative estimate of drug-likeness (QED) is 0.390. The summed E-state index contributed by atoms with van der Waals surface area (Å²) in [7, 11) is 0. The summed E-state index contributed by atoms with van der Waals surface area (Å²) in [5.74, 6) is -5.11. The smallest absolute Gasteiger partial charge is 0.320 e. The second-order valence-corrected chi connectivity index (χ2v) is 9.21. The van der Waals surface area contributed by atoms with E-state index in [0.717, 1.165) is 0 Å². The molecule has 0 amide bonds. The number of rotatable bonds is 4. The molecule has 2 aliphatic heterocycles. The Balaban J connectivity index is 1.98. The van der Waals surface area contributed by atoms with Crippen molar-refractivity contribution >= 4 is 17.5 Å². The fourth-order valence-electron chi connectivity index (χ4n) is 5.02. The summed E-state index contributed by atoms with van der Waals surface area (Å²) in [6.07, 6.45) is -1.91. The molecule has 0 radical (unpaired) electrons. The zero-order chi connectivity index (χ0) is 25.3. The topological polar surface area (TPSA) is 151 Å². The van der Waals surface area contributed by atoms with Crippen molar-refractivity contribution in [1.82, 2.24) is 0 Å². The molecule has 0 aromatic heterocycles. The molecule has 180 valence electrons. The molecule has 2 aromatic rings. The number of phenolic OH excluding ortho intramolecular Hbond substituents is 3. The average Bonchev–Trinajstić information content (AvgIpc) is 2.94. The molecule has 0 aliphatic carbocycles. The number of aryl methyl sites for hydroxylation is 2. The zero-order valence-electron chi connectivity index (χ0n) is 19.5. The van der Waals surface area contributed by atoms with Gasteiger partial charge in [0.25, 0.3) is 5.79 Å². The molecule has 1 fully saturated rings. The monoisotopic (exact) mass is 470 g/mol. The predicted molar refractivity (Wildman–Crippen MR) is 118 cm³/mol. The van der Waals surface area contributed by atoms with Gasteiger partial charge in [-0.3, -0.25) is 14.4 Å². The molecule has 2 heterocycles. The first kappa shape index (κ1) is 23.6. The minimum Gasteiger partial charge on any atom is -0.507 e. The third-order valence-electron chi connectivity index (χ3n) is 6.98. The van der Waals surface area contributed by atoms with Gasteiger partial charge in [0.15, 0.2) is 17.7 Å². The molecular weight excluding hydrogens is 444 g/mol. The van der Waals surface area contributed by atoms with Crippen LogP contribution < -0.4 is 4.74 Å². The lowest BCUT2D eigenvalue weighted by Gasteiger charge is -2.44. The van der Waals surface area contributed by atoms with Crippen molar-refractivity contribution in [2.75, 3.05) is 0 Å². The van der Waals surface area contributed by atoms with E-state index in [1.54, 1.807) is 6.92 Å². The molecule has 2 aromatic carbocycles. The molecule has 9 nitrogen and oxygen atoms in total. The zero-order valence-corrected chi connectivity index (χ0v) is 19.5. The van der Waals surface area contributed by atoms with E-state index >= 15 is 0 Å². The Kier molecular flexibility index (Phi) is 5.17. The van der Waals surface area contributed by atoms with Crippen molar-refractivity contribution in [3.05, 3.63) is 45.5 Å². The molecule has 3 atom stereocenters. The number of hydrogen-bond acceptors (Lipinski definition) is 9. The van der Waals surface area contributed by atoms with Crippen LogP contribution in [0.4, 0.5) is 0 Å². The lowest BCUT2D eigenvalue weighted by atomic mass is 9.67. The summed E-state index contributed by atoms with van der Waals surface area (Å²) in [6, 6.07) is 2.77. The van der Waals surface area contributed by atoms with E-state index in [1.165, 1.54) is 39.8 Å². The van der Waals surface area contributed by atoms with Crippen molar-refractivity contribution in [1.29, 1.82) is 0 Å². The van der Waals surface area contributed by atoms with Gasteiger partial charge >= 0.3 is 5.97 Å². The Bertz CT molecular complexity index is 1280. The van der Waals surface area contributed by atoms with E-state index in [1.807, 2.05) is 0 Å². The summed E-state index contributed by atoms with van der Waals surface area (Å²) < 4.78 is 11.3. The van der Waals surface area contributed by atoms with Crippen LogP contribution >= 0.6 is 0 Å². The lowest BCUT2D eigenvalue weighted by molar-refractivity contribution is -0.228. The maximum atomic E-state index is 13.3. The van der Waals surface area contributed by atoms with Crippen LogP contribution in [-0.4, -0.2) is 49.9 Å². The number of aliphatic hydroxyl groups is 1. The maximum Gasteiger partial charge on any atom is 0.320 e. The number of hydrogen-bond donors (Lipinski definition) is 4. The summed E-state index contributed by atoms with van der Waals surface area (Å²) >= 11 is 0. The average molecular weight is 470 g/mol. The van der Waals surface area contributed by atoms with Crippen molar-refractivity contribution in [3.63, 3.8) is 0 Å². The number of cyclic esters (lactones) is 1. The maximum absolute atomic E-state index is 13.3. The molecule has 4 N–H and O–H groups in total. The molecule has 4 rings (SSSR count). The number of carbonyl (C=O) groups excluding carboxylic acids is 3. The summed E-state index contributed by atoms with van der Waals surface area (Å²) in [5, 5.41) is 44.1. The number of aromatic hydroxyl groups is 3. The first-order valence-corrected chi connectivity index (χ1v) is 10.8. The van der Waals surface area contributed by atoms with E-state index in [0.29, 0.717) is 5.56 Å². The molecule has 0 bridgehead atoms. The highest BCUT2D eigenvalue weighted by Crippen LogP contribution is 2.57. The number of ketones is 2. The molecule has 0 unspecified atom stereocenters. The Morgan fingerprint density at radius 2 is 1.56 bits per heavy atom. The minimum atomic E-state index is -2.23. The van der Waals surface area contributed by atoms with Gasteiger partial charge in [-0.1, -0.05) is 0 Å². The highest BCUT2D eigenvalue weighted by atomic mass is 16.7. The highest BCUT2D eigenvalue weighted by Gasteiger charge is 2.71. The Hall–Kier alpha value is -3.59. The van der Waals surface area contributed by atoms with Crippen molar-refractivity contribution in [3.8, 4) is 23.0 Å². The summed E-state index contributed by atoms with van der Waals surface area (Å²) in [4.78, 5) is 37.4. The van der Waals surface area contributed by atoms with Gasteiger partial charge in [0.2, 0.25) is 0 Å². The molecule has 34 heavy (non-hydrogen) atoms. The van der Waals surface area contributed by atoms with Gasteiger partial charge in [-0.15, -0.1) is 0 Å². The van der Waals surface area contributed by atoms with Crippen LogP contribution in [0.25, 0.3) is 0 Å². The van der Waals surface area contributed by atoms with Crippen LogP contribution in [0.3, 0.4) is 0 Å². The fourth-order valence-corrected chi connectivity index (χ4v) is 5.02. The molecule has 1 saturated heterocycles. The van der Waals surface area contributed by atoms with Crippen LogP contribution in [0.15, 0.2) is 12.1 Å². The van der Waals surface area contributed by atoms with E-state index in [2.05, 4.69) is 0 Å². The first-order valence-electron chi connectivity index (χ1n) is 10.8. The van der Waals surface area contributed by atoms with Gasteiger partial charge in [0.05, 0.1) is 11.1 Å². The van der Waals surface area contributed by atoms with Crippen LogP contribution in [-0.2, 0) is 22.4 Å². The largest absolute Gasteiger partial charge is 0.507 e. The number of esters is 1. The standard InChI is InChI=1S/C25H26O9/c1-10-6-15(12(3)26)20(29)17(19(10)28)8-24-9-18-21(30)16(13(4)27)7-11(2)22(18)34-25(24,32)14(5)33-23(24)31/h6-7,14,28-30,32H,8-9H2,1-5H3/t14-,24-,25+/m1/s1. The molecular formula is C25H26O9. The molecule has 2 aliphatic rings. The van der Waals surface area contributed by atoms with Crippen LogP contribution in [0, 0.1) is 19.3 Å². The number of Topliss-reactive ketones (excluding diaryl/α,β-unsaturated/α-hetero) is 2. The van der Waals surface area contributed by atoms with Gasteiger partial charge in [-0.05, 0) is 57.9 Å². The highest BCUT2D eigenvalue weighted by molar-refractivity contribution is 5.99. The minimum absolute atomic E-state index is 0.0277. The van der Waals surface area contributed by atoms with E-state index in [4.69, 9.17) is 9.47 Å². The van der Waals surface area contributed by atoms with Crippen molar-refractivity contribution in [2.45, 2.75) is 59.4 Å². The van der Waals surface area contributed by atoms with E-state index in [9.17, 15) is 34.8 Å². The number of phenols is 3. The Morgan fingerprint density at radius 3 is 2.15 bits per heavy atom. The van der Waals surface area contributed by atoms with Crippen LogP contribution in [0.2, 0.25) is 0 Å². The van der Waals surface area contributed by atoms with E-state index < -0.39 is 47.0 Å². The predicted octanol–water partition coefficient (Wildman–Crippen LogP) is 2.62. The van der Waals surface area contributed by atoms with Gasteiger partial charge in [-0.2, -0.15) is 0 Å². The second kappa shape index (κ2) is 7.46. The molecule has 0 spiro atoms. The third-order valence-corrected chi connectivity index (χ3v) is 6.98. The molecule has 9 heteroatoms. The van der Waals surface area contributed by atoms with E-state index in [-0.39, 0.29) is 51.5 Å². The third kappa shape index (κ3) is 3.00. The number of benzene rings is 2. The fraction of sp³-hybridized carbons (Fsp3) is 0.400. The first-order chi connectivity index (χ1) is 15.7. The van der Waals surface area contributed by atoms with Crippen LogP contribution in [0.1, 0.15) is 63.7 Å². The normalized spacial score (nSPS) is 25.2. The lowest BCUT2D eigenvalue weighted by Crippen LogP contribution is -2.60. The number of carbonyl (C=O) groups is 3. The second-order valence-electron chi connectivity index (χ2n) is 9.21. The summed E-state index contributed by atoms with van der Waals surface area (Å²) in [5.41, 5.74) is -1.20. The van der Waals surface area contributed by atoms with Gasteiger partial charge in [-0.25, -0.2) is 0 Å². The SMILES string of the molecule is CC(=O)c1cc(C)c(O)c(C[C@]23Cc4c(O)c(C(C)=O)cc(C)c4O[C@@]2(O)[C@@H](C)OC3=O)c1O. The summed E-state index contributed by atoms with van der Waals surface area (Å²) in [6.45, 7) is 7.15. The Labute approximate surface area is 195 Å². The van der Waals surface area contributed by atoms with Gasteiger partial charge in [0.1, 0.15) is 28.4 Å². The van der Waals surface area contributed by atoms with Crippen LogP contribution in [0.5, 0.6) is 23.0 Å². The van der Waals surface area contributed by atoms with Gasteiger partial charge < -0.3 is 29.9 Å². The number of ether oxygens (including phenoxy) is 2. The van der Waals surface area contributed by atoms with Crippen molar-refractivity contribution in [2.24, 2.45) is 5.41 Å². The Morgan fingerprint density at radius 1 is 1.00 bits per heavy atom. The molecule has 0 saturated carbocycles. The number of fused-ring (bicyclic) bond motifs is 2. The van der Waals surface area contributed by atoms with Gasteiger partial charge in [0, 0.05) is 24.0 Å². The van der Waals surface area contributed by atoms with Crippen molar-refractivity contribution < 1.29 is 44.3 Å².